The predicted octanol–water partition coefficient (Wildman–Crippen LogP) is 3.33. The molecule has 0 aliphatic rings. The minimum Gasteiger partial charge on any atom is -0.353 e. The fourth-order valence-corrected chi connectivity index (χ4v) is 3.03. The van der Waals surface area contributed by atoms with Gasteiger partial charge >= 0.3 is 0 Å². The molecule has 0 fully saturated rings. The van der Waals surface area contributed by atoms with Gasteiger partial charge in [-0.05, 0) is 44.1 Å². The summed E-state index contributed by atoms with van der Waals surface area (Å²) in [5, 5.41) is 7.57. The smallest absolute Gasteiger partial charge is 0.234 e. The first-order valence-corrected chi connectivity index (χ1v) is 9.62. The van der Waals surface area contributed by atoms with Crippen molar-refractivity contribution in [3.8, 4) is 11.4 Å². The number of aromatic nitrogens is 3. The highest BCUT2D eigenvalue weighted by Gasteiger charge is 2.16. The van der Waals surface area contributed by atoms with Crippen LogP contribution in [0.1, 0.15) is 40.2 Å². The van der Waals surface area contributed by atoms with Gasteiger partial charge in [-0.3, -0.25) is 9.69 Å². The van der Waals surface area contributed by atoms with Crippen molar-refractivity contribution in [3.05, 3.63) is 34.6 Å². The fourth-order valence-electron chi connectivity index (χ4n) is 2.84. The Balaban J connectivity index is 2.18. The molecule has 0 unspecified atom stereocenters. The number of likely N-dealkylation sites (N-methyl/N-ethyl adjacent to an activating group) is 1. The maximum absolute atomic E-state index is 11.9. The van der Waals surface area contributed by atoms with E-state index in [1.807, 2.05) is 37.4 Å². The standard InChI is InChI=1S/C20H31N5OS/c1-14(2)21-17(26)12-23(6)13-25-19(27)24(7)18(22-25)15-8-10-16(11-9-15)20(3,4)5/h8-11,14H,12-13H2,1-7H3,(H,21,26). The summed E-state index contributed by atoms with van der Waals surface area (Å²) < 4.78 is 4.29. The summed E-state index contributed by atoms with van der Waals surface area (Å²) in [4.78, 5) is 13.8. The zero-order valence-electron chi connectivity index (χ0n) is 17.4. The number of benzene rings is 1. The van der Waals surface area contributed by atoms with E-state index in [4.69, 9.17) is 12.2 Å². The Morgan fingerprint density at radius 1 is 1.26 bits per heavy atom. The highest BCUT2D eigenvalue weighted by atomic mass is 32.1. The van der Waals surface area contributed by atoms with Crippen LogP contribution in [0, 0.1) is 4.77 Å². The molecule has 0 atom stereocenters. The number of nitrogens with zero attached hydrogens (tertiary/aromatic N) is 4. The molecular formula is C20H31N5OS. The molecular weight excluding hydrogens is 358 g/mol. The Hall–Kier alpha value is -1.99. The molecule has 7 heteroatoms. The monoisotopic (exact) mass is 389 g/mol. The van der Waals surface area contributed by atoms with E-state index in [1.54, 1.807) is 4.68 Å². The van der Waals surface area contributed by atoms with E-state index in [2.05, 4.69) is 55.5 Å². The molecule has 0 aliphatic heterocycles. The van der Waals surface area contributed by atoms with Crippen LogP contribution in [0.2, 0.25) is 0 Å². The summed E-state index contributed by atoms with van der Waals surface area (Å²) >= 11 is 5.54. The molecule has 2 aromatic rings. The third kappa shape index (κ3) is 5.49. The van der Waals surface area contributed by atoms with Gasteiger partial charge in [0, 0.05) is 18.7 Å². The zero-order valence-corrected chi connectivity index (χ0v) is 18.2. The molecule has 2 rings (SSSR count). The predicted molar refractivity (Wildman–Crippen MR) is 112 cm³/mol. The number of nitrogens with one attached hydrogen (secondary N) is 1. The van der Waals surface area contributed by atoms with E-state index in [0.717, 1.165) is 11.4 Å². The number of hydrogen-bond donors (Lipinski definition) is 1. The van der Waals surface area contributed by atoms with Crippen molar-refractivity contribution in [1.29, 1.82) is 0 Å². The summed E-state index contributed by atoms with van der Waals surface area (Å²) in [6, 6.07) is 8.58. The van der Waals surface area contributed by atoms with Crippen LogP contribution < -0.4 is 5.32 Å². The lowest BCUT2D eigenvalue weighted by molar-refractivity contribution is -0.122. The van der Waals surface area contributed by atoms with Gasteiger partial charge in [-0.1, -0.05) is 45.0 Å². The van der Waals surface area contributed by atoms with Crippen molar-refractivity contribution in [2.45, 2.75) is 52.7 Å². The minimum atomic E-state index is -0.00654. The van der Waals surface area contributed by atoms with Crippen molar-refractivity contribution < 1.29 is 4.79 Å². The van der Waals surface area contributed by atoms with Crippen LogP contribution in [0.25, 0.3) is 11.4 Å². The van der Waals surface area contributed by atoms with Gasteiger partial charge in [-0.25, -0.2) is 4.68 Å². The molecule has 0 saturated carbocycles. The lowest BCUT2D eigenvalue weighted by Crippen LogP contribution is -2.39. The van der Waals surface area contributed by atoms with Crippen LogP contribution in [0.15, 0.2) is 24.3 Å². The lowest BCUT2D eigenvalue weighted by Gasteiger charge is -2.19. The largest absolute Gasteiger partial charge is 0.353 e. The number of hydrogen-bond acceptors (Lipinski definition) is 4. The van der Waals surface area contributed by atoms with Crippen molar-refractivity contribution in [3.63, 3.8) is 0 Å². The average molecular weight is 390 g/mol. The van der Waals surface area contributed by atoms with Gasteiger partial charge in [0.15, 0.2) is 10.6 Å². The van der Waals surface area contributed by atoms with Crippen LogP contribution >= 0.6 is 12.2 Å². The summed E-state index contributed by atoms with van der Waals surface area (Å²) in [6.07, 6.45) is 0. The quantitative estimate of drug-likeness (QED) is 0.770. The molecule has 148 valence electrons. The highest BCUT2D eigenvalue weighted by Crippen LogP contribution is 2.25. The third-order valence-corrected chi connectivity index (χ3v) is 4.77. The zero-order chi connectivity index (χ0) is 20.4. The third-order valence-electron chi connectivity index (χ3n) is 4.29. The normalized spacial score (nSPS) is 12.0. The van der Waals surface area contributed by atoms with Crippen LogP contribution in [-0.4, -0.2) is 44.8 Å². The van der Waals surface area contributed by atoms with Gasteiger partial charge in [-0.15, -0.1) is 0 Å². The van der Waals surface area contributed by atoms with Crippen molar-refractivity contribution in [1.82, 2.24) is 24.6 Å². The van der Waals surface area contributed by atoms with Crippen LogP contribution in [0.4, 0.5) is 0 Å². The van der Waals surface area contributed by atoms with E-state index in [1.165, 1.54) is 5.56 Å². The van der Waals surface area contributed by atoms with Gasteiger partial charge in [0.25, 0.3) is 0 Å². The SMILES string of the molecule is CC(C)NC(=O)CN(C)Cn1nc(-c2ccc(C(C)(C)C)cc2)n(C)c1=S. The average Bonchev–Trinajstić information content (AvgIpc) is 2.81. The molecule has 0 spiro atoms. The van der Waals surface area contributed by atoms with E-state index in [9.17, 15) is 4.79 Å². The molecule has 1 N–H and O–H groups in total. The lowest BCUT2D eigenvalue weighted by atomic mass is 9.87. The molecule has 1 aromatic heterocycles. The Bertz CT molecular complexity index is 843. The summed E-state index contributed by atoms with van der Waals surface area (Å²) in [6.45, 7) is 11.2. The first kappa shape index (κ1) is 21.3. The molecule has 0 radical (unpaired) electrons. The molecule has 0 saturated heterocycles. The van der Waals surface area contributed by atoms with Crippen LogP contribution in [0.3, 0.4) is 0 Å². The van der Waals surface area contributed by atoms with E-state index < -0.39 is 0 Å². The molecule has 27 heavy (non-hydrogen) atoms. The Morgan fingerprint density at radius 3 is 2.37 bits per heavy atom. The van der Waals surface area contributed by atoms with Crippen LogP contribution in [0.5, 0.6) is 0 Å². The highest BCUT2D eigenvalue weighted by molar-refractivity contribution is 7.71. The second-order valence-corrected chi connectivity index (χ2v) is 8.74. The Morgan fingerprint density at radius 2 is 1.85 bits per heavy atom. The molecule has 1 aromatic carbocycles. The maximum atomic E-state index is 11.9. The van der Waals surface area contributed by atoms with Crippen molar-refractivity contribution in [2.75, 3.05) is 13.6 Å². The molecule has 1 amide bonds. The minimum absolute atomic E-state index is 0.00654. The summed E-state index contributed by atoms with van der Waals surface area (Å²) in [7, 11) is 3.80. The second-order valence-electron chi connectivity index (χ2n) is 8.37. The van der Waals surface area contributed by atoms with Crippen molar-refractivity contribution >= 4 is 18.1 Å². The van der Waals surface area contributed by atoms with Gasteiger partial charge in [0.2, 0.25) is 5.91 Å². The number of carbonyl (C=O) groups is 1. The van der Waals surface area contributed by atoms with E-state index in [-0.39, 0.29) is 17.4 Å². The molecule has 0 bridgehead atoms. The molecule has 0 aliphatic carbocycles. The van der Waals surface area contributed by atoms with Crippen LogP contribution in [-0.2, 0) is 23.9 Å². The first-order chi connectivity index (χ1) is 12.5. The van der Waals surface area contributed by atoms with Gasteiger partial charge in [0.05, 0.1) is 13.2 Å². The molecule has 6 nitrogen and oxygen atoms in total. The second kappa shape index (κ2) is 8.35. The Kier molecular flexibility index (Phi) is 6.59. The number of rotatable bonds is 6. The number of amides is 1. The summed E-state index contributed by atoms with van der Waals surface area (Å²) in [5.74, 6) is 0.813. The fraction of sp³-hybridized carbons (Fsp3) is 0.550. The topological polar surface area (TPSA) is 55.1 Å². The summed E-state index contributed by atoms with van der Waals surface area (Å²) in [5.41, 5.74) is 2.42. The van der Waals surface area contributed by atoms with E-state index in [0.29, 0.717) is 18.0 Å². The number of carbonyl (C=O) groups excluding carboxylic acids is 1. The molecule has 1 heterocycles. The van der Waals surface area contributed by atoms with Gasteiger partial charge in [0.1, 0.15) is 0 Å². The maximum Gasteiger partial charge on any atom is 0.234 e. The first-order valence-electron chi connectivity index (χ1n) is 9.21. The Labute approximate surface area is 167 Å². The van der Waals surface area contributed by atoms with Gasteiger partial charge in [-0.2, -0.15) is 5.10 Å². The van der Waals surface area contributed by atoms with Gasteiger partial charge < -0.3 is 9.88 Å². The van der Waals surface area contributed by atoms with Crippen molar-refractivity contribution in [2.24, 2.45) is 7.05 Å². The van der Waals surface area contributed by atoms with E-state index >= 15 is 0 Å².